The number of carboxylic acids is 2. The topological polar surface area (TPSA) is 198 Å². The van der Waals surface area contributed by atoms with Crippen LogP contribution in [-0.4, -0.2) is 116 Å². The van der Waals surface area contributed by atoms with Crippen LogP contribution in [0.15, 0.2) is 0 Å². The molecule has 0 aliphatic carbocycles. The van der Waals surface area contributed by atoms with E-state index in [1.54, 1.807) is 0 Å². The highest BCUT2D eigenvalue weighted by Gasteiger charge is 2.31. The minimum Gasteiger partial charge on any atom is -0.480 e. The van der Waals surface area contributed by atoms with E-state index in [9.17, 15) is 30.0 Å². The predicted molar refractivity (Wildman–Crippen MR) is 85.5 cm³/mol. The lowest BCUT2D eigenvalue weighted by molar-refractivity contribution is -0.137. The van der Waals surface area contributed by atoms with Crippen molar-refractivity contribution in [2.24, 2.45) is 0 Å². The van der Waals surface area contributed by atoms with E-state index in [1.165, 1.54) is 0 Å². The van der Waals surface area contributed by atoms with Gasteiger partial charge in [-0.2, -0.15) is 0 Å². The molecule has 0 rings (SSSR count). The number of aliphatic hydroxyl groups excluding tert-OH is 4. The van der Waals surface area contributed by atoms with Gasteiger partial charge in [-0.05, 0) is 0 Å². The Kier molecular flexibility index (Phi) is 11.7. The van der Waals surface area contributed by atoms with E-state index in [1.807, 2.05) is 0 Å². The molecule has 148 valence electrons. The number of aliphatic hydroxyl groups is 4. The van der Waals surface area contributed by atoms with Gasteiger partial charge in [0, 0.05) is 0 Å². The summed E-state index contributed by atoms with van der Waals surface area (Å²) < 4.78 is 10.5. The minimum absolute atomic E-state index is 0.215. The lowest BCUT2D eigenvalue weighted by atomic mass is 10.0. The normalized spacial score (nSPS) is 12.3. The molecule has 0 bridgehead atoms. The van der Waals surface area contributed by atoms with E-state index in [0.717, 1.165) is 0 Å². The predicted octanol–water partition coefficient (Wildman–Crippen LogP) is -5.19. The fourth-order valence-corrected chi connectivity index (χ4v) is 2.73. The van der Waals surface area contributed by atoms with Crippen molar-refractivity contribution < 1.29 is 49.1 Å². The van der Waals surface area contributed by atoms with Crippen molar-refractivity contribution in [3.8, 4) is 0 Å². The van der Waals surface area contributed by atoms with Crippen LogP contribution in [0.2, 0.25) is 0 Å². The van der Waals surface area contributed by atoms with E-state index >= 15 is 0 Å². The Bertz CT molecular complexity index is 367. The zero-order valence-electron chi connectivity index (χ0n) is 13.7. The average Bonchev–Trinajstić information content (AvgIpc) is 2.60. The summed E-state index contributed by atoms with van der Waals surface area (Å²) in [6.45, 7) is -3.66. The summed E-state index contributed by atoms with van der Waals surface area (Å²) in [4.78, 5) is 21.1. The molecule has 0 saturated carbocycles. The van der Waals surface area contributed by atoms with Crippen LogP contribution in [-0.2, 0) is 18.4 Å². The maximum Gasteiger partial charge on any atom is 0.317 e. The average molecular weight is 386 g/mol. The van der Waals surface area contributed by atoms with Crippen molar-refractivity contribution in [2.45, 2.75) is 11.1 Å². The van der Waals surface area contributed by atoms with Crippen LogP contribution in [0.1, 0.15) is 0 Å². The van der Waals surface area contributed by atoms with Crippen molar-refractivity contribution >= 4 is 21.9 Å². The molecule has 0 aromatic rings. The van der Waals surface area contributed by atoms with Gasteiger partial charge in [0.25, 0.3) is 0 Å². The Balaban J connectivity index is 4.37. The number of hydrogen-bond donors (Lipinski definition) is 8. The van der Waals surface area contributed by atoms with Gasteiger partial charge in [-0.1, -0.05) is 0 Å². The zero-order chi connectivity index (χ0) is 19.3. The van der Waals surface area contributed by atoms with Crippen molar-refractivity contribution in [3.63, 3.8) is 0 Å². The number of hydrogen-bond acceptors (Lipinski definition) is 10. The van der Waals surface area contributed by atoms with Crippen molar-refractivity contribution in [3.05, 3.63) is 0 Å². The molecule has 0 amide bonds. The lowest BCUT2D eigenvalue weighted by Crippen LogP contribution is -2.58. The smallest absolute Gasteiger partial charge is 0.317 e. The minimum atomic E-state index is -1.68. The van der Waals surface area contributed by atoms with Gasteiger partial charge in [-0.25, -0.2) is 0 Å². The van der Waals surface area contributed by atoms with Crippen molar-refractivity contribution in [1.82, 2.24) is 10.6 Å². The number of carboxylic acid groups (broad SMARTS) is 2. The van der Waals surface area contributed by atoms with Gasteiger partial charge in [0.05, 0.1) is 63.8 Å². The molecule has 0 aliphatic heterocycles. The second-order valence-corrected chi connectivity index (χ2v) is 6.55. The first-order valence-electron chi connectivity index (χ1n) is 7.31. The number of aliphatic carboxylic acids is 2. The molecule has 0 saturated heterocycles. The highest BCUT2D eigenvalue weighted by atomic mass is 28.3. The van der Waals surface area contributed by atoms with Gasteiger partial charge in [0.1, 0.15) is 0 Å². The quantitative estimate of drug-likeness (QED) is 0.0928. The molecule has 0 heterocycles. The number of rotatable bonds is 16. The van der Waals surface area contributed by atoms with E-state index in [2.05, 4.69) is 10.6 Å². The first-order valence-corrected chi connectivity index (χ1v) is 8.47. The third-order valence-electron chi connectivity index (χ3n) is 3.36. The van der Waals surface area contributed by atoms with Crippen LogP contribution in [0.4, 0.5) is 0 Å². The number of nitrogens with one attached hydrogen (secondary N) is 2. The summed E-state index contributed by atoms with van der Waals surface area (Å²) in [6, 6.07) is 0. The van der Waals surface area contributed by atoms with E-state index in [0.29, 0.717) is 0 Å². The molecule has 25 heavy (non-hydrogen) atoms. The van der Waals surface area contributed by atoms with Crippen LogP contribution in [0, 0.1) is 0 Å². The standard InChI is InChI=1S/C12H26N2O10Si/c15-3-11(4-16,13-1-9(19)20)7-23-25-24-8-12(5-17,6-18)14-2-10(21)22/h13-18H,1-8,25H2,(H,19,20)(H,21,22). The number of carbonyl (C=O) groups is 2. The molecule has 0 radical (unpaired) electrons. The summed E-state index contributed by atoms with van der Waals surface area (Å²) in [5.74, 6) is -2.33. The maximum atomic E-state index is 10.6. The van der Waals surface area contributed by atoms with Crippen LogP contribution < -0.4 is 10.6 Å². The molecular formula is C12H26N2O10Si. The monoisotopic (exact) mass is 386 g/mol. The van der Waals surface area contributed by atoms with Gasteiger partial charge in [0.2, 0.25) is 0 Å². The summed E-state index contributed by atoms with van der Waals surface area (Å²) in [5.41, 5.74) is -2.69. The molecule has 0 aromatic heterocycles. The van der Waals surface area contributed by atoms with Gasteiger partial charge in [-0.15, -0.1) is 0 Å². The first-order chi connectivity index (χ1) is 11.8. The second-order valence-electron chi connectivity index (χ2n) is 5.50. The van der Waals surface area contributed by atoms with Gasteiger partial charge in [0.15, 0.2) is 0 Å². The Labute approximate surface area is 146 Å². The molecule has 0 atom stereocenters. The van der Waals surface area contributed by atoms with Crippen LogP contribution in [0.25, 0.3) is 0 Å². The highest BCUT2D eigenvalue weighted by Crippen LogP contribution is 2.06. The lowest BCUT2D eigenvalue weighted by Gasteiger charge is -2.32. The van der Waals surface area contributed by atoms with Crippen molar-refractivity contribution in [2.75, 3.05) is 52.7 Å². The Morgan fingerprint density at radius 1 is 0.760 bits per heavy atom. The van der Waals surface area contributed by atoms with E-state index in [-0.39, 0.29) is 13.2 Å². The Hall–Kier alpha value is -1.16. The zero-order valence-corrected chi connectivity index (χ0v) is 15.1. The molecule has 0 aliphatic rings. The third kappa shape index (κ3) is 9.20. The van der Waals surface area contributed by atoms with Crippen LogP contribution in [0.5, 0.6) is 0 Å². The molecule has 0 unspecified atom stereocenters. The van der Waals surface area contributed by atoms with Crippen LogP contribution >= 0.6 is 0 Å². The van der Waals surface area contributed by atoms with Gasteiger partial charge < -0.3 is 39.5 Å². The third-order valence-corrected chi connectivity index (χ3v) is 4.10. The molecule has 0 spiro atoms. The maximum absolute atomic E-state index is 10.6. The van der Waals surface area contributed by atoms with Crippen molar-refractivity contribution in [1.29, 1.82) is 0 Å². The largest absolute Gasteiger partial charge is 0.480 e. The van der Waals surface area contributed by atoms with Gasteiger partial charge >= 0.3 is 21.9 Å². The second kappa shape index (κ2) is 12.2. The molecule has 12 nitrogen and oxygen atoms in total. The van der Waals surface area contributed by atoms with E-state index < -0.39 is 72.5 Å². The Morgan fingerprint density at radius 3 is 1.32 bits per heavy atom. The fraction of sp³-hybridized carbons (Fsp3) is 0.833. The SMILES string of the molecule is O=C(O)CNC(CO)(CO)CO[SiH2]OCC(CO)(CO)NCC(=O)O. The molecule has 13 heteroatoms. The molecular weight excluding hydrogens is 360 g/mol. The Morgan fingerprint density at radius 2 is 1.08 bits per heavy atom. The summed E-state index contributed by atoms with van der Waals surface area (Å²) in [7, 11) is -1.68. The summed E-state index contributed by atoms with van der Waals surface area (Å²) in [6.07, 6.45) is 0. The fourth-order valence-electron chi connectivity index (χ4n) is 1.67. The van der Waals surface area contributed by atoms with E-state index in [4.69, 9.17) is 19.1 Å². The first kappa shape index (κ1) is 23.8. The molecule has 8 N–H and O–H groups in total. The highest BCUT2D eigenvalue weighted by molar-refractivity contribution is 6.18. The molecule has 0 fully saturated rings. The molecule has 0 aromatic carbocycles. The summed E-state index contributed by atoms with van der Waals surface area (Å²) >= 11 is 0. The van der Waals surface area contributed by atoms with Gasteiger partial charge in [-0.3, -0.25) is 20.2 Å². The summed E-state index contributed by atoms with van der Waals surface area (Å²) in [5, 5.41) is 59.5. The van der Waals surface area contributed by atoms with Crippen LogP contribution in [0.3, 0.4) is 0 Å².